The van der Waals surface area contributed by atoms with Gasteiger partial charge in [-0.1, -0.05) is 12.1 Å². The number of hydrogen-bond acceptors (Lipinski definition) is 6. The number of nitrogens with one attached hydrogen (secondary N) is 1. The summed E-state index contributed by atoms with van der Waals surface area (Å²) in [5.74, 6) is 2.11. The Kier molecular flexibility index (Phi) is 4.77. The van der Waals surface area contributed by atoms with Gasteiger partial charge in [-0.3, -0.25) is 0 Å². The summed E-state index contributed by atoms with van der Waals surface area (Å²) in [4.78, 5) is 8.63. The zero-order chi connectivity index (χ0) is 20.3. The van der Waals surface area contributed by atoms with Crippen LogP contribution in [-0.2, 0) is 6.61 Å². The van der Waals surface area contributed by atoms with E-state index < -0.39 is 0 Å². The number of hydrogen-bond donors (Lipinski definition) is 1. The van der Waals surface area contributed by atoms with Crippen molar-refractivity contribution < 1.29 is 18.6 Å². The Morgan fingerprint density at radius 1 is 1.00 bits per heavy atom. The van der Waals surface area contributed by atoms with Crippen molar-refractivity contribution >= 4 is 16.6 Å². The first kappa shape index (κ1) is 18.2. The lowest BCUT2D eigenvalue weighted by Crippen LogP contribution is -2.18. The highest BCUT2D eigenvalue weighted by Gasteiger charge is 2.18. The number of benzene rings is 3. The SMILES string of the molecule is Fc1cccc(COc2ccc(Oc3ncnc4ccc5c(c34)OCCN5)cc2)c1. The second kappa shape index (κ2) is 7.87. The summed E-state index contributed by atoms with van der Waals surface area (Å²) in [6, 6.07) is 17.4. The highest BCUT2D eigenvalue weighted by atomic mass is 19.1. The Bertz CT molecular complexity index is 1200. The zero-order valence-electron chi connectivity index (χ0n) is 16.0. The molecule has 0 fully saturated rings. The summed E-state index contributed by atoms with van der Waals surface area (Å²) < 4.78 is 30.9. The van der Waals surface area contributed by atoms with Crippen LogP contribution in [0.1, 0.15) is 5.56 Å². The van der Waals surface area contributed by atoms with Crippen molar-refractivity contribution in [1.29, 1.82) is 0 Å². The molecule has 5 rings (SSSR count). The minimum atomic E-state index is -0.279. The Morgan fingerprint density at radius 3 is 2.73 bits per heavy atom. The average Bonchev–Trinajstić information content (AvgIpc) is 2.79. The molecule has 150 valence electrons. The number of halogens is 1. The van der Waals surface area contributed by atoms with Crippen molar-refractivity contribution in [1.82, 2.24) is 9.97 Å². The first-order valence-corrected chi connectivity index (χ1v) is 9.56. The zero-order valence-corrected chi connectivity index (χ0v) is 16.0. The first-order chi connectivity index (χ1) is 14.8. The van der Waals surface area contributed by atoms with Crippen molar-refractivity contribution in [2.75, 3.05) is 18.5 Å². The van der Waals surface area contributed by atoms with Crippen LogP contribution in [-0.4, -0.2) is 23.1 Å². The van der Waals surface area contributed by atoms with Crippen LogP contribution in [0.15, 0.2) is 67.0 Å². The normalized spacial score (nSPS) is 12.6. The molecular weight excluding hydrogens is 385 g/mol. The van der Waals surface area contributed by atoms with Crippen LogP contribution in [0, 0.1) is 5.82 Å². The van der Waals surface area contributed by atoms with Crippen molar-refractivity contribution in [3.8, 4) is 23.1 Å². The summed E-state index contributed by atoms with van der Waals surface area (Å²) >= 11 is 0. The van der Waals surface area contributed by atoms with E-state index in [1.54, 1.807) is 30.3 Å². The van der Waals surface area contributed by atoms with Crippen LogP contribution >= 0.6 is 0 Å². The van der Waals surface area contributed by atoms with Crippen LogP contribution in [0.5, 0.6) is 23.1 Å². The number of aromatic nitrogens is 2. The number of ether oxygens (including phenoxy) is 3. The fourth-order valence-electron chi connectivity index (χ4n) is 3.31. The van der Waals surface area contributed by atoms with Crippen molar-refractivity contribution in [2.45, 2.75) is 6.61 Å². The Hall–Kier alpha value is -3.87. The van der Waals surface area contributed by atoms with Gasteiger partial charge in [0.1, 0.15) is 42.2 Å². The average molecular weight is 403 g/mol. The summed E-state index contributed by atoms with van der Waals surface area (Å²) in [5.41, 5.74) is 2.41. The monoisotopic (exact) mass is 403 g/mol. The van der Waals surface area contributed by atoms with Crippen molar-refractivity contribution in [3.05, 3.63) is 78.4 Å². The summed E-state index contributed by atoms with van der Waals surface area (Å²) in [6.07, 6.45) is 1.47. The molecule has 7 heteroatoms. The standard InChI is InChI=1S/C23H18FN3O3/c24-16-3-1-2-15(12-16)13-29-17-4-6-18(7-5-17)30-23-21-19(26-14-27-23)8-9-20-22(21)28-11-10-25-20/h1-9,12,14,25H,10-11,13H2. The van der Waals surface area contributed by atoms with Gasteiger partial charge in [0.05, 0.1) is 11.2 Å². The number of fused-ring (bicyclic) bond motifs is 3. The van der Waals surface area contributed by atoms with Crippen LogP contribution in [0.25, 0.3) is 10.9 Å². The van der Waals surface area contributed by atoms with Gasteiger partial charge in [0, 0.05) is 6.54 Å². The quantitative estimate of drug-likeness (QED) is 0.509. The molecule has 1 N–H and O–H groups in total. The molecule has 0 saturated heterocycles. The molecule has 1 aliphatic heterocycles. The lowest BCUT2D eigenvalue weighted by molar-refractivity contribution is 0.305. The fourth-order valence-corrected chi connectivity index (χ4v) is 3.31. The molecule has 1 aliphatic rings. The van der Waals surface area contributed by atoms with Crippen LogP contribution in [0.4, 0.5) is 10.1 Å². The molecule has 0 radical (unpaired) electrons. The topological polar surface area (TPSA) is 65.5 Å². The van der Waals surface area contributed by atoms with E-state index in [0.717, 1.165) is 28.7 Å². The van der Waals surface area contributed by atoms with E-state index in [-0.39, 0.29) is 12.4 Å². The van der Waals surface area contributed by atoms with E-state index in [4.69, 9.17) is 14.2 Å². The maximum atomic E-state index is 13.3. The Balaban J connectivity index is 1.35. The maximum absolute atomic E-state index is 13.3. The summed E-state index contributed by atoms with van der Waals surface area (Å²) in [5, 5.41) is 4.04. The van der Waals surface area contributed by atoms with E-state index in [9.17, 15) is 4.39 Å². The fraction of sp³-hybridized carbons (Fsp3) is 0.130. The molecule has 0 unspecified atom stereocenters. The van der Waals surface area contributed by atoms with Crippen LogP contribution in [0.2, 0.25) is 0 Å². The first-order valence-electron chi connectivity index (χ1n) is 9.56. The Labute approximate surface area is 172 Å². The molecule has 0 spiro atoms. The maximum Gasteiger partial charge on any atom is 0.234 e. The number of nitrogens with zero attached hydrogens (tertiary/aromatic N) is 2. The molecule has 0 saturated carbocycles. The van der Waals surface area contributed by atoms with Crippen molar-refractivity contribution in [3.63, 3.8) is 0 Å². The molecule has 0 aliphatic carbocycles. The van der Waals surface area contributed by atoms with Gasteiger partial charge in [-0.2, -0.15) is 0 Å². The predicted molar refractivity (Wildman–Crippen MR) is 111 cm³/mol. The largest absolute Gasteiger partial charge is 0.489 e. The van der Waals surface area contributed by atoms with Gasteiger partial charge in [0.25, 0.3) is 0 Å². The smallest absolute Gasteiger partial charge is 0.234 e. The van der Waals surface area contributed by atoms with E-state index in [2.05, 4.69) is 15.3 Å². The van der Waals surface area contributed by atoms with Gasteiger partial charge in [0.15, 0.2) is 5.75 Å². The second-order valence-electron chi connectivity index (χ2n) is 6.78. The lowest BCUT2D eigenvalue weighted by Gasteiger charge is -2.21. The van der Waals surface area contributed by atoms with E-state index >= 15 is 0 Å². The third-order valence-corrected chi connectivity index (χ3v) is 4.72. The number of anilines is 1. The molecule has 2 heterocycles. The van der Waals surface area contributed by atoms with E-state index in [1.165, 1.54) is 18.5 Å². The van der Waals surface area contributed by atoms with Crippen molar-refractivity contribution in [2.24, 2.45) is 0 Å². The minimum Gasteiger partial charge on any atom is -0.489 e. The van der Waals surface area contributed by atoms with Crippen LogP contribution in [0.3, 0.4) is 0 Å². The molecular formula is C23H18FN3O3. The molecule has 6 nitrogen and oxygen atoms in total. The van der Waals surface area contributed by atoms with Gasteiger partial charge < -0.3 is 19.5 Å². The van der Waals surface area contributed by atoms with Gasteiger partial charge >= 0.3 is 0 Å². The molecule has 4 aromatic rings. The molecule has 0 atom stereocenters. The second-order valence-corrected chi connectivity index (χ2v) is 6.78. The van der Waals surface area contributed by atoms with Gasteiger partial charge in [-0.25, -0.2) is 14.4 Å². The molecule has 1 aromatic heterocycles. The molecule has 0 amide bonds. The van der Waals surface area contributed by atoms with Gasteiger partial charge in [-0.15, -0.1) is 0 Å². The van der Waals surface area contributed by atoms with Gasteiger partial charge in [-0.05, 0) is 54.1 Å². The summed E-state index contributed by atoms with van der Waals surface area (Å²) in [6.45, 7) is 1.60. The molecule has 3 aromatic carbocycles. The third kappa shape index (κ3) is 3.69. The van der Waals surface area contributed by atoms with Crippen LogP contribution < -0.4 is 19.5 Å². The van der Waals surface area contributed by atoms with E-state index in [1.807, 2.05) is 18.2 Å². The minimum absolute atomic E-state index is 0.279. The number of rotatable bonds is 5. The Morgan fingerprint density at radius 2 is 1.87 bits per heavy atom. The lowest BCUT2D eigenvalue weighted by atomic mass is 10.1. The highest BCUT2D eigenvalue weighted by molar-refractivity contribution is 5.95. The summed E-state index contributed by atoms with van der Waals surface area (Å²) in [7, 11) is 0. The predicted octanol–water partition coefficient (Wildman–Crippen LogP) is 4.94. The molecule has 30 heavy (non-hydrogen) atoms. The third-order valence-electron chi connectivity index (χ3n) is 4.72. The highest BCUT2D eigenvalue weighted by Crippen LogP contribution is 2.40. The molecule has 0 bridgehead atoms. The van der Waals surface area contributed by atoms with Gasteiger partial charge in [0.2, 0.25) is 5.88 Å². The van der Waals surface area contributed by atoms with E-state index in [0.29, 0.717) is 29.7 Å².